The van der Waals surface area contributed by atoms with Crippen LogP contribution < -0.4 is 5.73 Å². The summed E-state index contributed by atoms with van der Waals surface area (Å²) in [6.45, 7) is 0. The lowest BCUT2D eigenvalue weighted by Gasteiger charge is -2.13. The Morgan fingerprint density at radius 1 is 1.77 bits per heavy atom. The fourth-order valence-electron chi connectivity index (χ4n) is 1.34. The maximum atomic E-state index is 11.0. The first-order valence-corrected chi connectivity index (χ1v) is 4.42. The summed E-state index contributed by atoms with van der Waals surface area (Å²) in [7, 11) is 1.36. The van der Waals surface area contributed by atoms with E-state index in [-0.39, 0.29) is 5.97 Å². The molecule has 72 valence electrons. The van der Waals surface area contributed by atoms with Crippen molar-refractivity contribution < 1.29 is 9.53 Å². The average Bonchev–Trinajstić information content (AvgIpc) is 2.18. The number of carbonyl (C=O) groups excluding carboxylic acids is 1. The smallest absolute Gasteiger partial charge is 0.322 e. The van der Waals surface area contributed by atoms with E-state index in [1.54, 1.807) is 0 Å². The van der Waals surface area contributed by atoms with Gasteiger partial charge in [-0.2, -0.15) is 0 Å². The normalized spacial score (nSPS) is 17.8. The van der Waals surface area contributed by atoms with Crippen LogP contribution >= 0.6 is 0 Å². The molecular weight excluding hydrogens is 166 g/mol. The number of hydrogen-bond acceptors (Lipinski definition) is 3. The van der Waals surface area contributed by atoms with Gasteiger partial charge < -0.3 is 10.5 Å². The van der Waals surface area contributed by atoms with Crippen molar-refractivity contribution >= 4 is 5.97 Å². The second-order valence-electron chi connectivity index (χ2n) is 3.13. The second-order valence-corrected chi connectivity index (χ2v) is 3.13. The molecule has 1 aliphatic carbocycles. The largest absolute Gasteiger partial charge is 0.468 e. The summed E-state index contributed by atoms with van der Waals surface area (Å²) in [4.78, 5) is 11.0. The minimum absolute atomic E-state index is 0.338. The molecule has 1 aliphatic rings. The first kappa shape index (κ1) is 9.99. The number of carbonyl (C=O) groups is 1. The molecule has 2 N–H and O–H groups in total. The molecule has 1 atom stereocenters. The van der Waals surface area contributed by atoms with Crippen molar-refractivity contribution in [2.75, 3.05) is 7.11 Å². The second kappa shape index (κ2) is 4.82. The molecule has 0 heterocycles. The molecule has 13 heavy (non-hydrogen) atoms. The number of hydrogen-bond donors (Lipinski definition) is 1. The summed E-state index contributed by atoms with van der Waals surface area (Å²) >= 11 is 0. The number of rotatable bonds is 3. The first-order chi connectivity index (χ1) is 6.24. The highest BCUT2D eigenvalue weighted by Gasteiger charge is 2.15. The van der Waals surface area contributed by atoms with Crippen LogP contribution in [0.4, 0.5) is 0 Å². The predicted octanol–water partition coefficient (Wildman–Crippen LogP) is 1.15. The van der Waals surface area contributed by atoms with Gasteiger partial charge in [-0.3, -0.25) is 4.79 Å². The van der Waals surface area contributed by atoms with Crippen LogP contribution in [0.3, 0.4) is 0 Å². The Labute approximate surface area is 78.3 Å². The van der Waals surface area contributed by atoms with E-state index in [0.717, 1.165) is 12.8 Å². The molecule has 0 aromatic carbocycles. The van der Waals surface area contributed by atoms with Gasteiger partial charge in [0.1, 0.15) is 6.04 Å². The summed E-state index contributed by atoms with van der Waals surface area (Å²) in [5.41, 5.74) is 6.84. The van der Waals surface area contributed by atoms with Crippen molar-refractivity contribution in [3.05, 3.63) is 23.8 Å². The number of ether oxygens (including phenoxy) is 1. The van der Waals surface area contributed by atoms with Crippen molar-refractivity contribution in [2.24, 2.45) is 5.73 Å². The van der Waals surface area contributed by atoms with Crippen LogP contribution in [-0.4, -0.2) is 19.1 Å². The van der Waals surface area contributed by atoms with Crippen LogP contribution in [0.2, 0.25) is 0 Å². The SMILES string of the molecule is COC(=O)C(N)CC1=CC=CCC1. The Morgan fingerprint density at radius 2 is 2.54 bits per heavy atom. The molecule has 0 aromatic rings. The fraction of sp³-hybridized carbons (Fsp3) is 0.500. The highest BCUT2D eigenvalue weighted by molar-refractivity contribution is 5.75. The zero-order valence-corrected chi connectivity index (χ0v) is 7.82. The van der Waals surface area contributed by atoms with Crippen molar-refractivity contribution in [1.29, 1.82) is 0 Å². The third-order valence-electron chi connectivity index (χ3n) is 2.09. The molecule has 0 radical (unpaired) electrons. The van der Waals surface area contributed by atoms with E-state index in [4.69, 9.17) is 5.73 Å². The van der Waals surface area contributed by atoms with Crippen molar-refractivity contribution in [3.63, 3.8) is 0 Å². The summed E-state index contributed by atoms with van der Waals surface area (Å²) in [6, 6.07) is -0.511. The van der Waals surface area contributed by atoms with Crippen LogP contribution in [0, 0.1) is 0 Å². The molecule has 0 spiro atoms. The number of allylic oxidation sites excluding steroid dienone is 3. The molecule has 0 aromatic heterocycles. The van der Waals surface area contributed by atoms with Crippen molar-refractivity contribution in [1.82, 2.24) is 0 Å². The highest BCUT2D eigenvalue weighted by Crippen LogP contribution is 2.16. The molecule has 0 fully saturated rings. The van der Waals surface area contributed by atoms with E-state index in [1.807, 2.05) is 12.2 Å². The molecule has 0 saturated carbocycles. The number of methoxy groups -OCH3 is 1. The van der Waals surface area contributed by atoms with Crippen molar-refractivity contribution in [2.45, 2.75) is 25.3 Å². The van der Waals surface area contributed by atoms with Gasteiger partial charge in [-0.05, 0) is 19.3 Å². The lowest BCUT2D eigenvalue weighted by atomic mass is 9.98. The van der Waals surface area contributed by atoms with Gasteiger partial charge in [0, 0.05) is 0 Å². The maximum absolute atomic E-state index is 11.0. The third-order valence-corrected chi connectivity index (χ3v) is 2.09. The molecule has 0 saturated heterocycles. The molecule has 0 amide bonds. The molecule has 3 nitrogen and oxygen atoms in total. The summed E-state index contributed by atoms with van der Waals surface area (Å²) in [5.74, 6) is -0.338. The molecule has 1 rings (SSSR count). The predicted molar refractivity (Wildman–Crippen MR) is 51.1 cm³/mol. The Bertz CT molecular complexity index is 243. The highest BCUT2D eigenvalue weighted by atomic mass is 16.5. The summed E-state index contributed by atoms with van der Waals surface area (Å²) in [5, 5.41) is 0. The standard InChI is InChI=1S/C10H15NO2/c1-13-10(12)9(11)7-8-5-3-2-4-6-8/h2-3,5,9H,4,6-7,11H2,1H3. The monoisotopic (exact) mass is 181 g/mol. The van der Waals surface area contributed by atoms with E-state index in [1.165, 1.54) is 12.7 Å². The van der Waals surface area contributed by atoms with Crippen LogP contribution in [0.15, 0.2) is 23.8 Å². The lowest BCUT2D eigenvalue weighted by molar-refractivity contribution is -0.142. The van der Waals surface area contributed by atoms with Gasteiger partial charge in [0.25, 0.3) is 0 Å². The van der Waals surface area contributed by atoms with E-state index >= 15 is 0 Å². The van der Waals surface area contributed by atoms with Crippen LogP contribution in [-0.2, 0) is 9.53 Å². The van der Waals surface area contributed by atoms with Gasteiger partial charge in [-0.1, -0.05) is 23.8 Å². The number of nitrogens with two attached hydrogens (primary N) is 1. The molecule has 0 aliphatic heterocycles. The van der Waals surface area contributed by atoms with Gasteiger partial charge in [-0.25, -0.2) is 0 Å². The van der Waals surface area contributed by atoms with Gasteiger partial charge in [0.2, 0.25) is 0 Å². The minimum Gasteiger partial charge on any atom is -0.468 e. The van der Waals surface area contributed by atoms with Gasteiger partial charge in [0.05, 0.1) is 7.11 Å². The maximum Gasteiger partial charge on any atom is 0.322 e. The average molecular weight is 181 g/mol. The number of esters is 1. The third kappa shape index (κ3) is 3.03. The van der Waals surface area contributed by atoms with Crippen LogP contribution in [0.25, 0.3) is 0 Å². The van der Waals surface area contributed by atoms with Gasteiger partial charge in [0.15, 0.2) is 0 Å². The van der Waals surface area contributed by atoms with Gasteiger partial charge in [-0.15, -0.1) is 0 Å². The van der Waals surface area contributed by atoms with Gasteiger partial charge >= 0.3 is 5.97 Å². The fourth-order valence-corrected chi connectivity index (χ4v) is 1.34. The molecule has 1 unspecified atom stereocenters. The van der Waals surface area contributed by atoms with E-state index in [2.05, 4.69) is 10.8 Å². The Balaban J connectivity index is 2.43. The quantitative estimate of drug-likeness (QED) is 0.664. The zero-order valence-electron chi connectivity index (χ0n) is 7.82. The summed E-state index contributed by atoms with van der Waals surface area (Å²) < 4.78 is 4.54. The Kier molecular flexibility index (Phi) is 3.71. The minimum atomic E-state index is -0.511. The molecule has 0 bridgehead atoms. The molecule has 3 heteroatoms. The Hall–Kier alpha value is -1.09. The van der Waals surface area contributed by atoms with E-state index in [0.29, 0.717) is 6.42 Å². The topological polar surface area (TPSA) is 52.3 Å². The van der Waals surface area contributed by atoms with E-state index in [9.17, 15) is 4.79 Å². The van der Waals surface area contributed by atoms with Crippen LogP contribution in [0.5, 0.6) is 0 Å². The van der Waals surface area contributed by atoms with Crippen molar-refractivity contribution in [3.8, 4) is 0 Å². The van der Waals surface area contributed by atoms with Crippen LogP contribution in [0.1, 0.15) is 19.3 Å². The molecular formula is C10H15NO2. The lowest BCUT2D eigenvalue weighted by Crippen LogP contribution is -2.31. The van der Waals surface area contributed by atoms with E-state index < -0.39 is 6.04 Å². The summed E-state index contributed by atoms with van der Waals surface area (Å²) in [6.07, 6.45) is 8.78. The zero-order chi connectivity index (χ0) is 9.68. The first-order valence-electron chi connectivity index (χ1n) is 4.42. The Morgan fingerprint density at radius 3 is 3.08 bits per heavy atom.